The molecule has 22 heavy (non-hydrogen) atoms. The third-order valence-electron chi connectivity index (χ3n) is 2.88. The minimum absolute atomic E-state index is 0.0569. The SMILES string of the molecule is C[C@H](C=O)[C@H](NC(=O)OC(C)(C)C)c1ccc([N+](=O)[O-])cc1. The van der Waals surface area contributed by atoms with Crippen LogP contribution in [0.5, 0.6) is 0 Å². The molecule has 0 radical (unpaired) electrons. The first-order valence-electron chi connectivity index (χ1n) is 6.83. The molecule has 0 spiro atoms. The topological polar surface area (TPSA) is 98.5 Å². The number of rotatable bonds is 5. The summed E-state index contributed by atoms with van der Waals surface area (Å²) in [5.41, 5.74) is -0.122. The first kappa shape index (κ1) is 17.6. The van der Waals surface area contributed by atoms with Crippen molar-refractivity contribution in [3.63, 3.8) is 0 Å². The number of ether oxygens (including phenoxy) is 1. The number of nitrogens with one attached hydrogen (secondary N) is 1. The third-order valence-corrected chi connectivity index (χ3v) is 2.88. The van der Waals surface area contributed by atoms with Crippen LogP contribution in [0.1, 0.15) is 39.3 Å². The lowest BCUT2D eigenvalue weighted by molar-refractivity contribution is -0.384. The fourth-order valence-corrected chi connectivity index (χ4v) is 1.83. The Labute approximate surface area is 128 Å². The highest BCUT2D eigenvalue weighted by Gasteiger charge is 2.25. The Balaban J connectivity index is 2.96. The quantitative estimate of drug-likeness (QED) is 0.512. The van der Waals surface area contributed by atoms with Crippen molar-refractivity contribution >= 4 is 18.1 Å². The summed E-state index contributed by atoms with van der Waals surface area (Å²) < 4.78 is 5.17. The molecule has 0 saturated heterocycles. The predicted molar refractivity (Wildman–Crippen MR) is 80.4 cm³/mol. The molecule has 0 bridgehead atoms. The van der Waals surface area contributed by atoms with E-state index >= 15 is 0 Å². The van der Waals surface area contributed by atoms with E-state index in [0.29, 0.717) is 11.8 Å². The smallest absolute Gasteiger partial charge is 0.408 e. The molecule has 1 N–H and O–H groups in total. The molecule has 7 heteroatoms. The molecule has 0 unspecified atom stereocenters. The molecular weight excluding hydrogens is 288 g/mol. The monoisotopic (exact) mass is 308 g/mol. The average Bonchev–Trinajstić information content (AvgIpc) is 2.42. The molecule has 7 nitrogen and oxygen atoms in total. The van der Waals surface area contributed by atoms with Gasteiger partial charge >= 0.3 is 6.09 Å². The minimum atomic E-state index is -0.658. The highest BCUT2D eigenvalue weighted by atomic mass is 16.6. The Morgan fingerprint density at radius 2 is 1.86 bits per heavy atom. The molecule has 0 saturated carbocycles. The van der Waals surface area contributed by atoms with Gasteiger partial charge in [0.1, 0.15) is 11.9 Å². The zero-order chi connectivity index (χ0) is 16.9. The van der Waals surface area contributed by atoms with Gasteiger partial charge in [0.25, 0.3) is 5.69 Å². The number of carbonyl (C=O) groups is 2. The standard InChI is InChI=1S/C15H20N2O5/c1-10(9-18)13(16-14(19)22-15(2,3)4)11-5-7-12(8-6-11)17(20)21/h5-10,13H,1-4H3,(H,16,19)/t10-,13+/m1/s1. The number of nitrogens with zero attached hydrogens (tertiary/aromatic N) is 1. The van der Waals surface area contributed by atoms with Crippen LogP contribution in [0.15, 0.2) is 24.3 Å². The first-order chi connectivity index (χ1) is 10.1. The van der Waals surface area contributed by atoms with Gasteiger partial charge in [-0.05, 0) is 26.3 Å². The predicted octanol–water partition coefficient (Wildman–Crippen LogP) is 3.00. The number of hydrogen-bond acceptors (Lipinski definition) is 5. The number of alkyl carbamates (subject to hydrolysis) is 1. The Hall–Kier alpha value is -2.44. The van der Waals surface area contributed by atoms with Gasteiger partial charge in [0.15, 0.2) is 0 Å². The van der Waals surface area contributed by atoms with Crippen molar-refractivity contribution in [2.24, 2.45) is 5.92 Å². The summed E-state index contributed by atoms with van der Waals surface area (Å²) in [5, 5.41) is 13.3. The highest BCUT2D eigenvalue weighted by Crippen LogP contribution is 2.23. The number of non-ortho nitro benzene ring substituents is 1. The van der Waals surface area contributed by atoms with Crippen molar-refractivity contribution < 1.29 is 19.2 Å². The van der Waals surface area contributed by atoms with Gasteiger partial charge in [-0.25, -0.2) is 4.79 Å². The number of nitro groups is 1. The third kappa shape index (κ3) is 5.16. The van der Waals surface area contributed by atoms with Gasteiger partial charge in [-0.1, -0.05) is 19.1 Å². The lowest BCUT2D eigenvalue weighted by atomic mass is 9.95. The van der Waals surface area contributed by atoms with E-state index < -0.39 is 28.6 Å². The molecule has 1 rings (SSSR count). The van der Waals surface area contributed by atoms with Crippen LogP contribution in [-0.2, 0) is 9.53 Å². The molecule has 1 aromatic rings. The molecule has 2 atom stereocenters. The molecule has 0 heterocycles. The van der Waals surface area contributed by atoms with Gasteiger partial charge in [-0.15, -0.1) is 0 Å². The number of hydrogen-bond donors (Lipinski definition) is 1. The Morgan fingerprint density at radius 3 is 2.27 bits per heavy atom. The zero-order valence-electron chi connectivity index (χ0n) is 13.0. The van der Waals surface area contributed by atoms with E-state index in [4.69, 9.17) is 4.74 Å². The molecular formula is C15H20N2O5. The fourth-order valence-electron chi connectivity index (χ4n) is 1.83. The van der Waals surface area contributed by atoms with E-state index in [1.165, 1.54) is 24.3 Å². The second-order valence-electron chi connectivity index (χ2n) is 5.97. The van der Waals surface area contributed by atoms with E-state index in [2.05, 4.69) is 5.32 Å². The Bertz CT molecular complexity index is 548. The molecule has 1 amide bonds. The van der Waals surface area contributed by atoms with E-state index in [1.54, 1.807) is 27.7 Å². The second kappa shape index (κ2) is 7.02. The number of aldehydes is 1. The summed E-state index contributed by atoms with van der Waals surface area (Å²) in [6, 6.07) is 5.07. The summed E-state index contributed by atoms with van der Waals surface area (Å²) >= 11 is 0. The maximum absolute atomic E-state index is 11.9. The van der Waals surface area contributed by atoms with Crippen LogP contribution >= 0.6 is 0 Å². The molecule has 120 valence electrons. The van der Waals surface area contributed by atoms with Crippen LogP contribution in [0.4, 0.5) is 10.5 Å². The van der Waals surface area contributed by atoms with E-state index in [1.807, 2.05) is 0 Å². The Kier molecular flexibility index (Phi) is 5.62. The van der Waals surface area contributed by atoms with Crippen LogP contribution in [0.2, 0.25) is 0 Å². The van der Waals surface area contributed by atoms with Crippen LogP contribution in [0, 0.1) is 16.0 Å². The number of nitro benzene ring substituents is 1. The molecule has 0 fully saturated rings. The van der Waals surface area contributed by atoms with Crippen molar-refractivity contribution in [3.8, 4) is 0 Å². The van der Waals surface area contributed by atoms with Crippen LogP contribution in [0.25, 0.3) is 0 Å². The van der Waals surface area contributed by atoms with Crippen molar-refractivity contribution in [2.75, 3.05) is 0 Å². The number of benzene rings is 1. The van der Waals surface area contributed by atoms with Crippen LogP contribution < -0.4 is 5.32 Å². The van der Waals surface area contributed by atoms with Gasteiger partial charge in [-0.3, -0.25) is 10.1 Å². The van der Waals surface area contributed by atoms with Gasteiger partial charge in [0.2, 0.25) is 0 Å². The van der Waals surface area contributed by atoms with Crippen molar-refractivity contribution in [3.05, 3.63) is 39.9 Å². The first-order valence-corrected chi connectivity index (χ1v) is 6.83. The van der Waals surface area contributed by atoms with E-state index in [0.717, 1.165) is 0 Å². The largest absolute Gasteiger partial charge is 0.444 e. The van der Waals surface area contributed by atoms with Crippen molar-refractivity contribution in [2.45, 2.75) is 39.3 Å². The number of amides is 1. The lowest BCUT2D eigenvalue weighted by Gasteiger charge is -2.25. The van der Waals surface area contributed by atoms with Crippen LogP contribution in [-0.4, -0.2) is 22.9 Å². The van der Waals surface area contributed by atoms with Crippen molar-refractivity contribution in [1.82, 2.24) is 5.32 Å². The fraction of sp³-hybridized carbons (Fsp3) is 0.467. The summed E-state index contributed by atoms with van der Waals surface area (Å²) in [4.78, 5) is 33.1. The van der Waals surface area contributed by atoms with E-state index in [-0.39, 0.29) is 5.69 Å². The average molecular weight is 308 g/mol. The van der Waals surface area contributed by atoms with Gasteiger partial charge in [0, 0.05) is 18.1 Å². The van der Waals surface area contributed by atoms with Gasteiger partial charge < -0.3 is 14.8 Å². The minimum Gasteiger partial charge on any atom is -0.444 e. The number of carbonyl (C=O) groups excluding carboxylic acids is 2. The molecule has 1 aromatic carbocycles. The van der Waals surface area contributed by atoms with Crippen LogP contribution in [0.3, 0.4) is 0 Å². The zero-order valence-corrected chi connectivity index (χ0v) is 13.0. The Morgan fingerprint density at radius 1 is 1.32 bits per heavy atom. The van der Waals surface area contributed by atoms with Crippen molar-refractivity contribution in [1.29, 1.82) is 0 Å². The maximum atomic E-state index is 11.9. The summed E-state index contributed by atoms with van der Waals surface area (Å²) in [5.74, 6) is -0.506. The summed E-state index contributed by atoms with van der Waals surface area (Å²) in [7, 11) is 0. The van der Waals surface area contributed by atoms with Gasteiger partial charge in [0.05, 0.1) is 11.0 Å². The highest BCUT2D eigenvalue weighted by molar-refractivity contribution is 5.69. The van der Waals surface area contributed by atoms with E-state index in [9.17, 15) is 19.7 Å². The lowest BCUT2D eigenvalue weighted by Crippen LogP contribution is -2.37. The second-order valence-corrected chi connectivity index (χ2v) is 5.97. The molecule has 0 aliphatic rings. The molecule has 0 aliphatic carbocycles. The maximum Gasteiger partial charge on any atom is 0.408 e. The summed E-state index contributed by atoms with van der Waals surface area (Å²) in [6.07, 6.45) is 0.0632. The van der Waals surface area contributed by atoms with Gasteiger partial charge in [-0.2, -0.15) is 0 Å². The normalized spacial score (nSPS) is 13.8. The molecule has 0 aromatic heterocycles. The molecule has 0 aliphatic heterocycles. The summed E-state index contributed by atoms with van der Waals surface area (Å²) in [6.45, 7) is 6.85.